The lowest BCUT2D eigenvalue weighted by Crippen LogP contribution is -2.37. The number of halogens is 1. The Morgan fingerprint density at radius 1 is 1.30 bits per heavy atom. The van der Waals surface area contributed by atoms with Crippen LogP contribution in [0.5, 0.6) is 0 Å². The van der Waals surface area contributed by atoms with Crippen molar-refractivity contribution in [3.05, 3.63) is 69.2 Å². The van der Waals surface area contributed by atoms with Crippen molar-refractivity contribution < 1.29 is 4.74 Å². The number of nitrogens with two attached hydrogens (primary N) is 1. The van der Waals surface area contributed by atoms with Gasteiger partial charge < -0.3 is 15.4 Å². The van der Waals surface area contributed by atoms with E-state index in [0.29, 0.717) is 37.8 Å². The van der Waals surface area contributed by atoms with Gasteiger partial charge in [-0.3, -0.25) is 4.79 Å². The minimum absolute atomic E-state index is 0.252. The van der Waals surface area contributed by atoms with Gasteiger partial charge in [0.2, 0.25) is 0 Å². The molecule has 2 N–H and O–H groups in total. The second kappa shape index (κ2) is 10.1. The smallest absolute Gasteiger partial charge is 0.289 e. The molecule has 0 spiro atoms. The van der Waals surface area contributed by atoms with Crippen LogP contribution in [-0.2, 0) is 4.74 Å². The maximum absolute atomic E-state index is 12.8. The number of fused-ring (bicyclic) bond motifs is 1. The van der Waals surface area contributed by atoms with E-state index >= 15 is 0 Å². The summed E-state index contributed by atoms with van der Waals surface area (Å²) in [4.78, 5) is 19.7. The molecule has 3 aromatic rings. The summed E-state index contributed by atoms with van der Waals surface area (Å²) in [6, 6.07) is 3.73. The molecule has 1 fully saturated rings. The number of nitrogen functional groups attached to an aromatic ring is 1. The number of aromatic nitrogens is 5. The lowest BCUT2D eigenvalue weighted by Gasteiger charge is -2.29. The third kappa shape index (κ3) is 4.76. The second-order valence-electron chi connectivity index (χ2n) is 7.46. The maximum Gasteiger partial charge on any atom is 0.289 e. The molecule has 3 aromatic heterocycles. The van der Waals surface area contributed by atoms with Crippen LogP contribution in [0.2, 0.25) is 0 Å². The number of nitrogens with zero attached hydrogens (tertiary/aromatic N) is 6. The average molecular weight is 512 g/mol. The van der Waals surface area contributed by atoms with Crippen molar-refractivity contribution in [2.24, 2.45) is 0 Å². The monoisotopic (exact) mass is 511 g/mol. The first-order valence-electron chi connectivity index (χ1n) is 10.8. The summed E-state index contributed by atoms with van der Waals surface area (Å²) in [5.41, 5.74) is 8.08. The zero-order chi connectivity index (χ0) is 23.4. The molecule has 0 amide bonds. The molecule has 0 saturated carbocycles. The standard InChI is InChI=1S/C23H26BrN7O2/c1-3-5-6-8-16(7-4-2)18-13-19-27-20(31-23(32)22(24)17(25)15-26-31)14-21(30(19)28-18)29-9-11-33-12-10-29/h4-8,13-15H,3,9-12,25H2,1-2H3/b6-5+,7-4-,16-8+. The van der Waals surface area contributed by atoms with Gasteiger partial charge in [-0.25, -0.2) is 4.98 Å². The number of ether oxygens (including phenoxy) is 1. The fraction of sp³-hybridized carbons (Fsp3) is 0.304. The molecule has 0 bridgehead atoms. The Morgan fingerprint density at radius 3 is 2.82 bits per heavy atom. The first-order valence-corrected chi connectivity index (χ1v) is 11.6. The average Bonchev–Trinajstić information content (AvgIpc) is 3.26. The van der Waals surface area contributed by atoms with Crippen LogP contribution in [0.1, 0.15) is 26.0 Å². The molecular formula is C23H26BrN7O2. The molecular weight excluding hydrogens is 486 g/mol. The predicted octanol–water partition coefficient (Wildman–Crippen LogP) is 3.38. The Morgan fingerprint density at radius 2 is 2.09 bits per heavy atom. The summed E-state index contributed by atoms with van der Waals surface area (Å²) >= 11 is 3.25. The Bertz CT molecular complexity index is 1300. The number of morpholine rings is 1. The van der Waals surface area contributed by atoms with Gasteiger partial charge >= 0.3 is 0 Å². The van der Waals surface area contributed by atoms with Crippen LogP contribution in [0.15, 0.2) is 58.0 Å². The third-order valence-electron chi connectivity index (χ3n) is 5.18. The lowest BCUT2D eigenvalue weighted by molar-refractivity contribution is 0.122. The van der Waals surface area contributed by atoms with Gasteiger partial charge in [-0.15, -0.1) is 0 Å². The lowest BCUT2D eigenvalue weighted by atomic mass is 10.1. The molecule has 172 valence electrons. The van der Waals surface area contributed by atoms with E-state index in [4.69, 9.17) is 20.6 Å². The van der Waals surface area contributed by atoms with Gasteiger partial charge in [-0.05, 0) is 29.3 Å². The van der Waals surface area contributed by atoms with Crippen molar-refractivity contribution in [3.63, 3.8) is 0 Å². The maximum atomic E-state index is 12.8. The largest absolute Gasteiger partial charge is 0.396 e. The first-order chi connectivity index (χ1) is 16.0. The Kier molecular flexibility index (Phi) is 7.05. The normalized spacial score (nSPS) is 15.4. The van der Waals surface area contributed by atoms with Crippen molar-refractivity contribution in [3.8, 4) is 5.82 Å². The van der Waals surface area contributed by atoms with E-state index in [1.54, 1.807) is 0 Å². The number of allylic oxidation sites excluding steroid dienone is 6. The molecule has 0 atom stereocenters. The van der Waals surface area contributed by atoms with Gasteiger partial charge in [0.1, 0.15) is 10.3 Å². The zero-order valence-electron chi connectivity index (χ0n) is 18.6. The van der Waals surface area contributed by atoms with Crippen molar-refractivity contribution in [1.82, 2.24) is 24.4 Å². The Balaban J connectivity index is 1.92. The van der Waals surface area contributed by atoms with Gasteiger partial charge in [0.25, 0.3) is 5.56 Å². The van der Waals surface area contributed by atoms with E-state index in [-0.39, 0.29) is 15.7 Å². The second-order valence-corrected chi connectivity index (χ2v) is 8.25. The van der Waals surface area contributed by atoms with Crippen molar-refractivity contribution in [2.75, 3.05) is 36.9 Å². The zero-order valence-corrected chi connectivity index (χ0v) is 20.2. The van der Waals surface area contributed by atoms with E-state index in [9.17, 15) is 4.79 Å². The first kappa shape index (κ1) is 22.9. The highest BCUT2D eigenvalue weighted by Gasteiger charge is 2.20. The molecule has 33 heavy (non-hydrogen) atoms. The van der Waals surface area contributed by atoms with Gasteiger partial charge in [-0.2, -0.15) is 19.4 Å². The number of rotatable bonds is 6. The van der Waals surface area contributed by atoms with Crippen LogP contribution >= 0.6 is 15.9 Å². The minimum Gasteiger partial charge on any atom is -0.396 e. The van der Waals surface area contributed by atoms with Crippen LogP contribution in [-0.4, -0.2) is 50.7 Å². The SMILES string of the molecule is C\C=C/C(=C\C=C\CC)c1cc2nc(-n3ncc(N)c(Br)c3=O)cc(N3CCOCC3)n2n1. The fourth-order valence-corrected chi connectivity index (χ4v) is 3.81. The highest BCUT2D eigenvalue weighted by atomic mass is 79.9. The molecule has 0 radical (unpaired) electrons. The Hall–Kier alpha value is -3.24. The van der Waals surface area contributed by atoms with E-state index in [1.807, 2.05) is 47.9 Å². The fourth-order valence-electron chi connectivity index (χ4n) is 3.54. The third-order valence-corrected chi connectivity index (χ3v) is 5.98. The van der Waals surface area contributed by atoms with Crippen LogP contribution in [0, 0.1) is 0 Å². The van der Waals surface area contributed by atoms with E-state index < -0.39 is 0 Å². The predicted molar refractivity (Wildman–Crippen MR) is 134 cm³/mol. The summed E-state index contributed by atoms with van der Waals surface area (Å²) in [6.07, 6.45) is 12.5. The van der Waals surface area contributed by atoms with E-state index in [0.717, 1.165) is 23.5 Å². The molecule has 0 aromatic carbocycles. The molecule has 1 saturated heterocycles. The van der Waals surface area contributed by atoms with E-state index in [1.165, 1.54) is 10.9 Å². The molecule has 10 heteroatoms. The molecule has 9 nitrogen and oxygen atoms in total. The van der Waals surface area contributed by atoms with Crippen LogP contribution in [0.25, 0.3) is 17.0 Å². The number of hydrogen-bond acceptors (Lipinski definition) is 7. The van der Waals surface area contributed by atoms with Crippen molar-refractivity contribution in [1.29, 1.82) is 0 Å². The molecule has 1 aliphatic heterocycles. The molecule has 4 heterocycles. The molecule has 1 aliphatic rings. The highest BCUT2D eigenvalue weighted by Crippen LogP contribution is 2.24. The van der Waals surface area contributed by atoms with Gasteiger partial charge in [0.15, 0.2) is 11.5 Å². The summed E-state index contributed by atoms with van der Waals surface area (Å²) in [7, 11) is 0. The summed E-state index contributed by atoms with van der Waals surface area (Å²) in [6.45, 7) is 6.71. The van der Waals surface area contributed by atoms with E-state index in [2.05, 4.69) is 38.9 Å². The molecule has 0 unspecified atom stereocenters. The quantitative estimate of drug-likeness (QED) is 0.505. The number of hydrogen-bond donors (Lipinski definition) is 1. The minimum atomic E-state index is -0.376. The summed E-state index contributed by atoms with van der Waals surface area (Å²) in [5.74, 6) is 1.21. The summed E-state index contributed by atoms with van der Waals surface area (Å²) in [5, 5.41) is 9.06. The van der Waals surface area contributed by atoms with Crippen molar-refractivity contribution in [2.45, 2.75) is 20.3 Å². The van der Waals surface area contributed by atoms with Gasteiger partial charge in [0, 0.05) is 30.8 Å². The van der Waals surface area contributed by atoms with Gasteiger partial charge in [-0.1, -0.05) is 37.3 Å². The van der Waals surface area contributed by atoms with Crippen molar-refractivity contribution >= 4 is 38.7 Å². The topological polar surface area (TPSA) is 104 Å². The Labute approximate surface area is 200 Å². The highest BCUT2D eigenvalue weighted by molar-refractivity contribution is 9.10. The van der Waals surface area contributed by atoms with Gasteiger partial charge in [0.05, 0.1) is 30.8 Å². The van der Waals surface area contributed by atoms with Crippen LogP contribution in [0.3, 0.4) is 0 Å². The summed E-state index contributed by atoms with van der Waals surface area (Å²) < 4.78 is 8.83. The van der Waals surface area contributed by atoms with Crippen LogP contribution < -0.4 is 16.2 Å². The molecule has 4 rings (SSSR count). The van der Waals surface area contributed by atoms with Crippen LogP contribution in [0.4, 0.5) is 11.5 Å². The molecule has 0 aliphatic carbocycles. The number of anilines is 2.